The fraction of sp³-hybridized carbons (Fsp3) is 0.625. The first kappa shape index (κ1) is 14.9. The van der Waals surface area contributed by atoms with E-state index < -0.39 is 0 Å². The third-order valence-electron chi connectivity index (χ3n) is 4.40. The van der Waals surface area contributed by atoms with Gasteiger partial charge < -0.3 is 15.0 Å². The summed E-state index contributed by atoms with van der Waals surface area (Å²) in [6, 6.07) is 8.20. The van der Waals surface area contributed by atoms with Crippen LogP contribution < -0.4 is 15.7 Å². The molecule has 0 spiro atoms. The zero-order valence-corrected chi connectivity index (χ0v) is 12.6. The zero-order chi connectivity index (χ0) is 14.5. The van der Waals surface area contributed by atoms with E-state index in [1.165, 1.54) is 5.69 Å². The van der Waals surface area contributed by atoms with Gasteiger partial charge in [0, 0.05) is 51.5 Å². The van der Waals surface area contributed by atoms with Crippen LogP contribution in [0.1, 0.15) is 6.42 Å². The maximum Gasteiger partial charge on any atom is 0.113 e. The Morgan fingerprint density at radius 2 is 1.90 bits per heavy atom. The second kappa shape index (κ2) is 7.30. The summed E-state index contributed by atoms with van der Waals surface area (Å²) in [6.07, 6.45) is 1.53. The molecule has 1 aromatic rings. The molecule has 1 aromatic carbocycles. The van der Waals surface area contributed by atoms with Crippen LogP contribution in [0.2, 0.25) is 0 Å². The zero-order valence-electron chi connectivity index (χ0n) is 12.6. The Morgan fingerprint density at radius 3 is 2.57 bits per heavy atom. The largest absolute Gasteiger partial charge is 0.376 e. The van der Waals surface area contributed by atoms with E-state index in [4.69, 9.17) is 12.6 Å². The molecule has 4 nitrogen and oxygen atoms in total. The van der Waals surface area contributed by atoms with Crippen molar-refractivity contribution in [2.75, 3.05) is 57.3 Å². The summed E-state index contributed by atoms with van der Waals surface area (Å²) in [5.74, 6) is 0. The molecule has 0 bridgehead atoms. The number of anilines is 1. The number of ether oxygens (including phenoxy) is 1. The molecule has 2 heterocycles. The third-order valence-corrected chi connectivity index (χ3v) is 4.40. The van der Waals surface area contributed by atoms with E-state index in [-0.39, 0.29) is 0 Å². The molecule has 112 valence electrons. The van der Waals surface area contributed by atoms with E-state index in [1.54, 1.807) is 0 Å². The monoisotopic (exact) mass is 285 g/mol. The molecule has 3 rings (SSSR count). The topological polar surface area (TPSA) is 27.7 Å². The summed E-state index contributed by atoms with van der Waals surface area (Å²) in [7, 11) is 5.74. The molecule has 2 fully saturated rings. The molecule has 2 radical (unpaired) electrons. The molecule has 1 atom stereocenters. The molecule has 0 aliphatic carbocycles. The van der Waals surface area contributed by atoms with Gasteiger partial charge in [-0.3, -0.25) is 4.90 Å². The number of morpholine rings is 1. The van der Waals surface area contributed by atoms with Gasteiger partial charge in [-0.05, 0) is 18.6 Å². The number of nitrogens with one attached hydrogen (secondary N) is 1. The molecule has 1 unspecified atom stereocenters. The predicted octanol–water partition coefficient (Wildman–Crippen LogP) is -0.0191. The lowest BCUT2D eigenvalue weighted by Gasteiger charge is -2.37. The van der Waals surface area contributed by atoms with Gasteiger partial charge in [-0.2, -0.15) is 0 Å². The van der Waals surface area contributed by atoms with E-state index >= 15 is 0 Å². The molecule has 1 N–H and O–H groups in total. The van der Waals surface area contributed by atoms with Crippen molar-refractivity contribution in [3.05, 3.63) is 24.3 Å². The van der Waals surface area contributed by atoms with Crippen molar-refractivity contribution in [1.82, 2.24) is 10.2 Å². The van der Waals surface area contributed by atoms with Crippen molar-refractivity contribution in [2.45, 2.75) is 12.5 Å². The van der Waals surface area contributed by atoms with Gasteiger partial charge in [0.05, 0.1) is 12.7 Å². The number of rotatable bonds is 4. The van der Waals surface area contributed by atoms with Crippen LogP contribution in [-0.4, -0.2) is 71.3 Å². The molecule has 5 heteroatoms. The van der Waals surface area contributed by atoms with E-state index in [2.05, 4.69) is 27.2 Å². The van der Waals surface area contributed by atoms with Crippen LogP contribution in [0.15, 0.2) is 24.3 Å². The Kier molecular flexibility index (Phi) is 5.17. The molecule has 21 heavy (non-hydrogen) atoms. The van der Waals surface area contributed by atoms with Crippen molar-refractivity contribution in [3.63, 3.8) is 0 Å². The summed E-state index contributed by atoms with van der Waals surface area (Å²) in [5, 5.41) is 3.39. The smallest absolute Gasteiger partial charge is 0.113 e. The lowest BCUT2D eigenvalue weighted by molar-refractivity contribution is 0.0171. The fourth-order valence-electron chi connectivity index (χ4n) is 3.05. The Labute approximate surface area is 128 Å². The van der Waals surface area contributed by atoms with Crippen LogP contribution in [0.4, 0.5) is 5.69 Å². The Balaban J connectivity index is 1.41. The van der Waals surface area contributed by atoms with Gasteiger partial charge in [0.1, 0.15) is 7.85 Å². The van der Waals surface area contributed by atoms with E-state index in [0.717, 1.165) is 64.3 Å². The molecular weight excluding hydrogens is 261 g/mol. The van der Waals surface area contributed by atoms with Gasteiger partial charge in [0.2, 0.25) is 0 Å². The van der Waals surface area contributed by atoms with Crippen molar-refractivity contribution in [2.24, 2.45) is 0 Å². The fourth-order valence-corrected chi connectivity index (χ4v) is 3.05. The first-order valence-electron chi connectivity index (χ1n) is 7.96. The molecule has 0 amide bonds. The van der Waals surface area contributed by atoms with Gasteiger partial charge >= 0.3 is 0 Å². The molecule has 2 aliphatic rings. The highest BCUT2D eigenvalue weighted by Crippen LogP contribution is 2.15. The minimum absolute atomic E-state index is 0.397. The molecule has 0 aromatic heterocycles. The lowest BCUT2D eigenvalue weighted by atomic mass is 9.96. The molecular formula is C16H24BN3O. The molecule has 2 saturated heterocycles. The lowest BCUT2D eigenvalue weighted by Crippen LogP contribution is -2.48. The summed E-state index contributed by atoms with van der Waals surface area (Å²) >= 11 is 0. The van der Waals surface area contributed by atoms with E-state index in [9.17, 15) is 0 Å². The number of benzene rings is 1. The summed E-state index contributed by atoms with van der Waals surface area (Å²) in [4.78, 5) is 4.99. The predicted molar refractivity (Wildman–Crippen MR) is 87.7 cm³/mol. The maximum atomic E-state index is 5.76. The second-order valence-corrected chi connectivity index (χ2v) is 5.91. The van der Waals surface area contributed by atoms with Crippen molar-refractivity contribution in [3.8, 4) is 0 Å². The van der Waals surface area contributed by atoms with Gasteiger partial charge in [-0.25, -0.2) is 0 Å². The van der Waals surface area contributed by atoms with Crippen LogP contribution in [0.25, 0.3) is 0 Å². The first-order chi connectivity index (χ1) is 10.3. The number of hydrogen-bond acceptors (Lipinski definition) is 4. The van der Waals surface area contributed by atoms with Crippen LogP contribution in [0, 0.1) is 0 Å². The SMILES string of the molecule is [B]c1ccc(N2CCN(CCC3CNCCO3)CC2)cc1. The van der Waals surface area contributed by atoms with Crippen LogP contribution >= 0.6 is 0 Å². The Bertz CT molecular complexity index is 426. The summed E-state index contributed by atoms with van der Waals surface area (Å²) < 4.78 is 5.76. The average Bonchev–Trinajstić information content (AvgIpc) is 2.55. The minimum Gasteiger partial charge on any atom is -0.376 e. The second-order valence-electron chi connectivity index (χ2n) is 5.91. The van der Waals surface area contributed by atoms with Gasteiger partial charge in [-0.15, -0.1) is 0 Å². The normalized spacial score (nSPS) is 24.2. The third kappa shape index (κ3) is 4.22. The van der Waals surface area contributed by atoms with Crippen LogP contribution in [0.3, 0.4) is 0 Å². The van der Waals surface area contributed by atoms with Crippen molar-refractivity contribution in [1.29, 1.82) is 0 Å². The van der Waals surface area contributed by atoms with Gasteiger partial charge in [0.15, 0.2) is 0 Å². The summed E-state index contributed by atoms with van der Waals surface area (Å²) in [5.41, 5.74) is 2.11. The molecule has 2 aliphatic heterocycles. The average molecular weight is 285 g/mol. The standard InChI is InChI=1S/C16H24BN3O/c17-14-1-3-15(4-2-14)20-10-8-19(9-11-20)7-5-16-13-18-6-12-21-16/h1-4,16,18H,5-13H2. The number of nitrogens with zero attached hydrogens (tertiary/aromatic N) is 2. The quantitative estimate of drug-likeness (QED) is 0.787. The van der Waals surface area contributed by atoms with Crippen molar-refractivity contribution < 1.29 is 4.74 Å². The summed E-state index contributed by atoms with van der Waals surface area (Å²) in [6.45, 7) is 8.44. The number of hydrogen-bond donors (Lipinski definition) is 1. The highest BCUT2D eigenvalue weighted by atomic mass is 16.5. The Hall–Kier alpha value is -1.04. The highest BCUT2D eigenvalue weighted by Gasteiger charge is 2.19. The van der Waals surface area contributed by atoms with E-state index in [0.29, 0.717) is 6.10 Å². The number of piperazine rings is 1. The van der Waals surface area contributed by atoms with Crippen molar-refractivity contribution >= 4 is 19.0 Å². The highest BCUT2D eigenvalue weighted by molar-refractivity contribution is 6.32. The van der Waals surface area contributed by atoms with Gasteiger partial charge in [-0.1, -0.05) is 17.6 Å². The van der Waals surface area contributed by atoms with Crippen LogP contribution in [-0.2, 0) is 4.74 Å². The maximum absolute atomic E-state index is 5.76. The minimum atomic E-state index is 0.397. The first-order valence-corrected chi connectivity index (χ1v) is 7.96. The molecule has 0 saturated carbocycles. The van der Waals surface area contributed by atoms with Gasteiger partial charge in [0.25, 0.3) is 0 Å². The van der Waals surface area contributed by atoms with Crippen LogP contribution in [0.5, 0.6) is 0 Å². The van der Waals surface area contributed by atoms with E-state index in [1.807, 2.05) is 12.1 Å². The Morgan fingerprint density at radius 1 is 1.14 bits per heavy atom.